The minimum Gasteiger partial charge on any atom is -0.307 e. The van der Waals surface area contributed by atoms with E-state index in [0.29, 0.717) is 0 Å². The molecule has 0 spiro atoms. The molecule has 4 nitrogen and oxygen atoms in total. The normalized spacial score (nSPS) is 20.9. The van der Waals surface area contributed by atoms with Crippen molar-refractivity contribution in [1.29, 1.82) is 0 Å². The van der Waals surface area contributed by atoms with Crippen molar-refractivity contribution < 1.29 is 0 Å². The van der Waals surface area contributed by atoms with Gasteiger partial charge in [-0.3, -0.25) is 4.90 Å². The lowest BCUT2D eigenvalue weighted by Gasteiger charge is -2.30. The number of likely N-dealkylation sites (tertiary alicyclic amines) is 1. The molecule has 1 fully saturated rings. The van der Waals surface area contributed by atoms with E-state index in [4.69, 9.17) is 5.73 Å². The molecule has 1 saturated heterocycles. The summed E-state index contributed by atoms with van der Waals surface area (Å²) in [5.41, 5.74) is 7.85. The van der Waals surface area contributed by atoms with E-state index < -0.39 is 0 Å². The molecule has 0 amide bonds. The van der Waals surface area contributed by atoms with Crippen LogP contribution in [0.5, 0.6) is 0 Å². The zero-order valence-corrected chi connectivity index (χ0v) is 9.56. The molecule has 2 heterocycles. The van der Waals surface area contributed by atoms with Crippen LogP contribution in [-0.2, 0) is 0 Å². The fraction of sp³-hybridized carbons (Fsp3) is 0.750. The van der Waals surface area contributed by atoms with E-state index in [0.717, 1.165) is 17.4 Å². The van der Waals surface area contributed by atoms with Gasteiger partial charge in [0.25, 0.3) is 0 Å². The first-order valence-electron chi connectivity index (χ1n) is 4.79. The first-order chi connectivity index (χ1) is 6.86. The number of hydrogen-bond donors (Lipinski definition) is 1. The highest BCUT2D eigenvalue weighted by atomic mass is 32.2. The summed E-state index contributed by atoms with van der Waals surface area (Å²) >= 11 is 3.15. The molecular formula is C8H14N4S2. The van der Waals surface area contributed by atoms with Gasteiger partial charge in [0, 0.05) is 13.1 Å². The average Bonchev–Trinajstić information content (AvgIpc) is 2.72. The van der Waals surface area contributed by atoms with Crippen molar-refractivity contribution in [1.82, 2.24) is 15.1 Å². The molecule has 6 heteroatoms. The third-order valence-electron chi connectivity index (χ3n) is 2.31. The highest BCUT2D eigenvalue weighted by molar-refractivity contribution is 8.01. The van der Waals surface area contributed by atoms with Gasteiger partial charge < -0.3 is 5.73 Å². The molecule has 1 unspecified atom stereocenters. The quantitative estimate of drug-likeness (QED) is 0.627. The fourth-order valence-electron chi connectivity index (χ4n) is 1.56. The van der Waals surface area contributed by atoms with E-state index in [2.05, 4.69) is 15.1 Å². The number of thioether (sulfide) groups is 1. The molecule has 14 heavy (non-hydrogen) atoms. The Morgan fingerprint density at radius 3 is 2.86 bits per heavy atom. The molecule has 1 atom stereocenters. The highest BCUT2D eigenvalue weighted by Crippen LogP contribution is 2.25. The van der Waals surface area contributed by atoms with Crippen LogP contribution in [0.2, 0.25) is 0 Å². The molecule has 2 N–H and O–H groups in total. The second kappa shape index (κ2) is 5.06. The Labute approximate surface area is 91.9 Å². The van der Waals surface area contributed by atoms with Crippen molar-refractivity contribution in [3.8, 4) is 0 Å². The molecule has 1 aromatic heterocycles. The zero-order chi connectivity index (χ0) is 9.80. The predicted octanol–water partition coefficient (Wildman–Crippen LogP) is 1.36. The molecule has 2 rings (SSSR count). The maximum atomic E-state index is 6.07. The summed E-state index contributed by atoms with van der Waals surface area (Å²) in [6, 6.07) is 0. The lowest BCUT2D eigenvalue weighted by Crippen LogP contribution is -2.42. The van der Waals surface area contributed by atoms with E-state index in [9.17, 15) is 0 Å². The molecule has 1 aliphatic rings. The molecule has 0 aliphatic carbocycles. The van der Waals surface area contributed by atoms with Crippen molar-refractivity contribution in [3.05, 3.63) is 5.51 Å². The molecular weight excluding hydrogens is 216 g/mol. The van der Waals surface area contributed by atoms with Crippen molar-refractivity contribution in [3.63, 3.8) is 0 Å². The number of aromatic nitrogens is 2. The fourth-order valence-corrected chi connectivity index (χ4v) is 3.15. The summed E-state index contributed by atoms with van der Waals surface area (Å²) in [6.07, 6.45) is 3.88. The summed E-state index contributed by atoms with van der Waals surface area (Å²) in [4.78, 5) is 2.32. The third kappa shape index (κ3) is 2.66. The van der Waals surface area contributed by atoms with E-state index >= 15 is 0 Å². The van der Waals surface area contributed by atoms with Gasteiger partial charge in [-0.05, 0) is 12.8 Å². The number of rotatable bonds is 3. The summed E-state index contributed by atoms with van der Waals surface area (Å²) in [6.45, 7) is 2.24. The molecule has 0 saturated carbocycles. The van der Waals surface area contributed by atoms with Gasteiger partial charge in [0.05, 0.1) is 0 Å². The van der Waals surface area contributed by atoms with Crippen molar-refractivity contribution in [2.45, 2.75) is 29.1 Å². The number of nitrogens with two attached hydrogens (primary N) is 1. The number of piperidine rings is 1. The Kier molecular flexibility index (Phi) is 3.74. The van der Waals surface area contributed by atoms with Crippen LogP contribution in [-0.4, -0.2) is 33.7 Å². The zero-order valence-electron chi connectivity index (χ0n) is 7.93. The number of nitrogens with zero attached hydrogens (tertiary/aromatic N) is 3. The first-order valence-corrected chi connectivity index (χ1v) is 6.54. The van der Waals surface area contributed by atoms with Gasteiger partial charge in [-0.25, -0.2) is 0 Å². The van der Waals surface area contributed by atoms with Crippen LogP contribution in [0, 0.1) is 0 Å². The van der Waals surface area contributed by atoms with Crippen molar-refractivity contribution in [2.75, 3.05) is 13.1 Å². The second-order valence-corrected chi connectivity index (χ2v) is 5.51. The Bertz CT molecular complexity index is 258. The van der Waals surface area contributed by atoms with E-state index in [1.54, 1.807) is 28.6 Å². The summed E-state index contributed by atoms with van der Waals surface area (Å²) in [7, 11) is 0. The Morgan fingerprint density at radius 1 is 1.43 bits per heavy atom. The van der Waals surface area contributed by atoms with Gasteiger partial charge >= 0.3 is 0 Å². The van der Waals surface area contributed by atoms with Gasteiger partial charge in [0.1, 0.15) is 11.0 Å². The van der Waals surface area contributed by atoms with Gasteiger partial charge in [0.15, 0.2) is 4.34 Å². The molecule has 0 bridgehead atoms. The molecule has 1 aromatic rings. The molecule has 0 radical (unpaired) electrons. The highest BCUT2D eigenvalue weighted by Gasteiger charge is 2.18. The van der Waals surface area contributed by atoms with Gasteiger partial charge in [-0.1, -0.05) is 29.5 Å². The van der Waals surface area contributed by atoms with Crippen LogP contribution in [0.15, 0.2) is 9.85 Å². The SMILES string of the molecule is NC(Sc1nncs1)N1CCCCC1. The Hall–Kier alpha value is -0.170. The van der Waals surface area contributed by atoms with Gasteiger partial charge in [-0.15, -0.1) is 10.2 Å². The average molecular weight is 230 g/mol. The Morgan fingerprint density at radius 2 is 2.21 bits per heavy atom. The monoisotopic (exact) mass is 230 g/mol. The molecule has 1 aliphatic heterocycles. The van der Waals surface area contributed by atoms with Crippen LogP contribution in [0.1, 0.15) is 19.3 Å². The van der Waals surface area contributed by atoms with E-state index in [1.165, 1.54) is 19.3 Å². The summed E-state index contributed by atoms with van der Waals surface area (Å²) in [5.74, 6) is 0. The van der Waals surface area contributed by atoms with Crippen LogP contribution >= 0.6 is 23.1 Å². The number of hydrogen-bond acceptors (Lipinski definition) is 6. The van der Waals surface area contributed by atoms with Gasteiger partial charge in [0.2, 0.25) is 0 Å². The predicted molar refractivity (Wildman–Crippen MR) is 59.2 cm³/mol. The third-order valence-corrected chi connectivity index (χ3v) is 4.20. The standard InChI is InChI=1S/C8H14N4S2/c9-7(12-4-2-1-3-5-12)14-8-11-10-6-13-8/h6-7H,1-5,9H2. The lowest BCUT2D eigenvalue weighted by atomic mass is 10.1. The van der Waals surface area contributed by atoms with Crippen LogP contribution < -0.4 is 5.73 Å². The molecule has 0 aromatic carbocycles. The summed E-state index contributed by atoms with van der Waals surface area (Å²) in [5, 5.41) is 7.77. The van der Waals surface area contributed by atoms with Crippen molar-refractivity contribution in [2.24, 2.45) is 5.73 Å². The Balaban J connectivity index is 1.85. The molecule has 78 valence electrons. The largest absolute Gasteiger partial charge is 0.307 e. The van der Waals surface area contributed by atoms with Crippen LogP contribution in [0.3, 0.4) is 0 Å². The topological polar surface area (TPSA) is 55.0 Å². The lowest BCUT2D eigenvalue weighted by molar-refractivity contribution is 0.216. The first kappa shape index (κ1) is 10.4. The van der Waals surface area contributed by atoms with Crippen LogP contribution in [0.25, 0.3) is 0 Å². The second-order valence-electron chi connectivity index (χ2n) is 3.31. The maximum Gasteiger partial charge on any atom is 0.176 e. The van der Waals surface area contributed by atoms with E-state index in [1.807, 2.05) is 0 Å². The van der Waals surface area contributed by atoms with Gasteiger partial charge in [-0.2, -0.15) is 0 Å². The maximum absolute atomic E-state index is 6.07. The van der Waals surface area contributed by atoms with Crippen molar-refractivity contribution >= 4 is 23.1 Å². The minimum absolute atomic E-state index is 0.0447. The van der Waals surface area contributed by atoms with Crippen LogP contribution in [0.4, 0.5) is 0 Å². The van der Waals surface area contributed by atoms with E-state index in [-0.39, 0.29) is 5.50 Å². The summed E-state index contributed by atoms with van der Waals surface area (Å²) < 4.78 is 0.961. The smallest absolute Gasteiger partial charge is 0.176 e. The minimum atomic E-state index is 0.0447.